The Balaban J connectivity index is 1.90. The van der Waals surface area contributed by atoms with E-state index in [0.29, 0.717) is 5.56 Å². The van der Waals surface area contributed by atoms with Crippen LogP contribution in [0.5, 0.6) is 0 Å². The molecule has 0 bridgehead atoms. The van der Waals surface area contributed by atoms with Gasteiger partial charge in [-0.3, -0.25) is 0 Å². The van der Waals surface area contributed by atoms with Gasteiger partial charge in [-0.15, -0.1) is 10.2 Å². The summed E-state index contributed by atoms with van der Waals surface area (Å²) < 4.78 is 46.9. The van der Waals surface area contributed by atoms with E-state index in [0.717, 1.165) is 22.7 Å². The van der Waals surface area contributed by atoms with Gasteiger partial charge in [0.05, 0.1) is 17.9 Å². The summed E-state index contributed by atoms with van der Waals surface area (Å²) in [6.07, 6.45) is -1.62. The molecule has 0 aliphatic carbocycles. The number of hydrogen-bond acceptors (Lipinski definition) is 7. The molecular formula is C20H20F3N5OS. The molecule has 0 unspecified atom stereocenters. The van der Waals surface area contributed by atoms with E-state index in [1.807, 2.05) is 29.4 Å². The van der Waals surface area contributed by atoms with Crippen molar-refractivity contribution in [2.45, 2.75) is 19.9 Å². The average molecular weight is 435 g/mol. The first kappa shape index (κ1) is 21.7. The number of benzene rings is 2. The van der Waals surface area contributed by atoms with Crippen molar-refractivity contribution in [3.8, 4) is 11.5 Å². The molecule has 1 aromatic heterocycles. The number of para-hydroxylation sites is 1. The van der Waals surface area contributed by atoms with E-state index in [2.05, 4.69) is 15.5 Å². The van der Waals surface area contributed by atoms with Crippen LogP contribution in [0.15, 0.2) is 40.8 Å². The molecule has 0 fully saturated rings. The normalized spacial score (nSPS) is 11.0. The molecule has 0 amide bonds. The van der Waals surface area contributed by atoms with Crippen LogP contribution < -0.4 is 9.62 Å². The number of aromatic nitrogens is 2. The highest BCUT2D eigenvalue weighted by atomic mass is 32.2. The van der Waals surface area contributed by atoms with E-state index in [4.69, 9.17) is 9.83 Å². The molecule has 3 rings (SSSR count). The molecule has 158 valence electrons. The maximum atomic E-state index is 14.8. The summed E-state index contributed by atoms with van der Waals surface area (Å²) in [6.45, 7) is 2.25. The maximum absolute atomic E-state index is 14.8. The molecule has 2 aromatic carbocycles. The van der Waals surface area contributed by atoms with Crippen LogP contribution in [0.25, 0.3) is 11.5 Å². The molecule has 0 aliphatic rings. The molecule has 30 heavy (non-hydrogen) atoms. The van der Waals surface area contributed by atoms with Crippen molar-refractivity contribution in [1.82, 2.24) is 10.2 Å². The number of nitrogens with one attached hydrogen (secondary N) is 2. The van der Waals surface area contributed by atoms with Crippen molar-refractivity contribution in [3.63, 3.8) is 0 Å². The summed E-state index contributed by atoms with van der Waals surface area (Å²) in [7, 11) is 1.77. The second kappa shape index (κ2) is 9.66. The fourth-order valence-corrected chi connectivity index (χ4v) is 3.75. The van der Waals surface area contributed by atoms with Gasteiger partial charge in [-0.1, -0.05) is 25.1 Å². The largest absolute Gasteiger partial charge is 0.415 e. The van der Waals surface area contributed by atoms with Gasteiger partial charge in [-0.2, -0.15) is 8.78 Å². The van der Waals surface area contributed by atoms with Gasteiger partial charge in [0.1, 0.15) is 5.82 Å². The van der Waals surface area contributed by atoms with Crippen molar-refractivity contribution in [1.29, 1.82) is 5.41 Å². The predicted molar refractivity (Wildman–Crippen MR) is 113 cm³/mol. The standard InChI is InChI=1S/C20H20F3N5OS/c1-3-30-28(16-6-4-5-13(10-24)17(16)25-2)11-14-8-7-12(9-15(14)21)19-26-27-20(29-19)18(22)23/h4-10,18,24-25H,3,11H2,1-2H3. The van der Waals surface area contributed by atoms with Gasteiger partial charge in [0.2, 0.25) is 5.89 Å². The molecule has 10 heteroatoms. The van der Waals surface area contributed by atoms with Crippen LogP contribution in [-0.4, -0.2) is 29.2 Å². The van der Waals surface area contributed by atoms with Crippen LogP contribution in [0, 0.1) is 11.2 Å². The van der Waals surface area contributed by atoms with Crippen molar-refractivity contribution in [2.24, 2.45) is 0 Å². The fourth-order valence-electron chi connectivity index (χ4n) is 2.92. The van der Waals surface area contributed by atoms with Crippen molar-refractivity contribution >= 4 is 29.5 Å². The lowest BCUT2D eigenvalue weighted by Crippen LogP contribution is -2.17. The first-order chi connectivity index (χ1) is 14.5. The number of alkyl halides is 2. The predicted octanol–water partition coefficient (Wildman–Crippen LogP) is 5.53. The number of nitrogens with zero attached hydrogens (tertiary/aromatic N) is 3. The topological polar surface area (TPSA) is 78.0 Å². The Bertz CT molecular complexity index is 1030. The van der Waals surface area contributed by atoms with Crippen LogP contribution in [0.1, 0.15) is 30.4 Å². The zero-order valence-electron chi connectivity index (χ0n) is 16.3. The van der Waals surface area contributed by atoms with E-state index in [1.165, 1.54) is 24.2 Å². The second-order valence-electron chi connectivity index (χ2n) is 6.14. The lowest BCUT2D eigenvalue weighted by atomic mass is 10.1. The lowest BCUT2D eigenvalue weighted by molar-refractivity contribution is 0.116. The molecule has 0 atom stereocenters. The summed E-state index contributed by atoms with van der Waals surface area (Å²) in [6, 6.07) is 9.89. The Kier molecular flexibility index (Phi) is 6.99. The third-order valence-corrected chi connectivity index (χ3v) is 5.17. The first-order valence-electron chi connectivity index (χ1n) is 9.10. The van der Waals surface area contributed by atoms with Gasteiger partial charge in [0, 0.05) is 35.7 Å². The minimum absolute atomic E-state index is 0.160. The molecule has 0 saturated carbocycles. The smallest absolute Gasteiger partial charge is 0.314 e. The van der Waals surface area contributed by atoms with Crippen LogP contribution in [0.4, 0.5) is 24.5 Å². The summed E-state index contributed by atoms with van der Waals surface area (Å²) in [5, 5.41) is 17.5. The maximum Gasteiger partial charge on any atom is 0.314 e. The van der Waals surface area contributed by atoms with E-state index >= 15 is 0 Å². The van der Waals surface area contributed by atoms with E-state index < -0.39 is 18.1 Å². The fraction of sp³-hybridized carbons (Fsp3) is 0.250. The highest BCUT2D eigenvalue weighted by Gasteiger charge is 2.19. The highest BCUT2D eigenvalue weighted by Crippen LogP contribution is 2.35. The van der Waals surface area contributed by atoms with Gasteiger partial charge in [-0.25, -0.2) is 4.39 Å². The molecule has 0 saturated heterocycles. The Labute approximate surface area is 176 Å². The Morgan fingerprint density at radius 2 is 2.07 bits per heavy atom. The van der Waals surface area contributed by atoms with Gasteiger partial charge >= 0.3 is 6.43 Å². The first-order valence-corrected chi connectivity index (χ1v) is 10.0. The van der Waals surface area contributed by atoms with Gasteiger partial charge in [0.25, 0.3) is 5.89 Å². The van der Waals surface area contributed by atoms with Gasteiger partial charge in [0.15, 0.2) is 0 Å². The second-order valence-corrected chi connectivity index (χ2v) is 7.42. The zero-order valence-corrected chi connectivity index (χ0v) is 17.1. The number of anilines is 2. The van der Waals surface area contributed by atoms with E-state index in [-0.39, 0.29) is 18.0 Å². The number of rotatable bonds is 9. The average Bonchev–Trinajstić information content (AvgIpc) is 3.24. The minimum Gasteiger partial charge on any atom is -0.415 e. The molecule has 6 nitrogen and oxygen atoms in total. The van der Waals surface area contributed by atoms with Crippen LogP contribution in [-0.2, 0) is 6.54 Å². The third-order valence-electron chi connectivity index (χ3n) is 4.28. The highest BCUT2D eigenvalue weighted by molar-refractivity contribution is 8.00. The Hall–Kier alpha value is -3.01. The molecular weight excluding hydrogens is 415 g/mol. The third kappa shape index (κ3) is 4.59. The number of hydrogen-bond donors (Lipinski definition) is 2. The van der Waals surface area contributed by atoms with Gasteiger partial charge < -0.3 is 19.4 Å². The lowest BCUT2D eigenvalue weighted by Gasteiger charge is -2.26. The minimum atomic E-state index is -2.88. The monoisotopic (exact) mass is 435 g/mol. The SMILES string of the molecule is CCSN(Cc1ccc(-c2nnc(C(F)F)o2)cc1F)c1cccc(C=N)c1NC. The quantitative estimate of drug-likeness (QED) is 0.340. The molecule has 0 spiro atoms. The Morgan fingerprint density at radius 3 is 2.67 bits per heavy atom. The van der Waals surface area contributed by atoms with E-state index in [1.54, 1.807) is 19.2 Å². The molecule has 3 aromatic rings. The van der Waals surface area contributed by atoms with Crippen LogP contribution >= 0.6 is 11.9 Å². The summed E-state index contributed by atoms with van der Waals surface area (Å²) in [5.41, 5.74) is 2.96. The van der Waals surface area contributed by atoms with Crippen molar-refractivity contribution < 1.29 is 17.6 Å². The molecule has 0 radical (unpaired) electrons. The summed E-state index contributed by atoms with van der Waals surface area (Å²) >= 11 is 1.52. The summed E-state index contributed by atoms with van der Waals surface area (Å²) in [4.78, 5) is 0. The molecule has 2 N–H and O–H groups in total. The number of halogens is 3. The van der Waals surface area contributed by atoms with Gasteiger partial charge in [-0.05, 0) is 30.1 Å². The summed E-state index contributed by atoms with van der Waals surface area (Å²) in [5.74, 6) is -0.714. The van der Waals surface area contributed by atoms with Crippen molar-refractivity contribution in [3.05, 3.63) is 59.2 Å². The van der Waals surface area contributed by atoms with E-state index in [9.17, 15) is 13.2 Å². The molecule has 1 heterocycles. The van der Waals surface area contributed by atoms with Crippen molar-refractivity contribution in [2.75, 3.05) is 22.4 Å². The van der Waals surface area contributed by atoms with Crippen LogP contribution in [0.3, 0.4) is 0 Å². The zero-order chi connectivity index (χ0) is 21.7. The molecule has 0 aliphatic heterocycles. The van der Waals surface area contributed by atoms with Crippen LogP contribution in [0.2, 0.25) is 0 Å². The Morgan fingerprint density at radius 1 is 1.27 bits per heavy atom.